The lowest BCUT2D eigenvalue weighted by Crippen LogP contribution is -2.31. The molecule has 2 unspecified atom stereocenters. The number of hydrogen-bond acceptors (Lipinski definition) is 5. The van der Waals surface area contributed by atoms with Crippen LogP contribution in [0.5, 0.6) is 5.75 Å². The van der Waals surface area contributed by atoms with Crippen LogP contribution in [0.2, 0.25) is 0 Å². The molecule has 4 aromatic rings. The van der Waals surface area contributed by atoms with Gasteiger partial charge in [0.15, 0.2) is 0 Å². The van der Waals surface area contributed by atoms with Gasteiger partial charge in [0.2, 0.25) is 0 Å². The number of esters is 1. The monoisotopic (exact) mass is 697 g/mol. The van der Waals surface area contributed by atoms with Crippen LogP contribution in [-0.4, -0.2) is 37.2 Å². The lowest BCUT2D eigenvalue weighted by molar-refractivity contribution is -0.143. The highest BCUT2D eigenvalue weighted by molar-refractivity contribution is 5.91. The molecule has 0 aromatic heterocycles. The fourth-order valence-corrected chi connectivity index (χ4v) is 6.86. The second-order valence-corrected chi connectivity index (χ2v) is 12.6. The summed E-state index contributed by atoms with van der Waals surface area (Å²) in [5.41, 5.74) is 4.00. The maximum atomic E-state index is 13.6. The molecule has 2 atom stereocenters. The van der Waals surface area contributed by atoms with Gasteiger partial charge in [-0.25, -0.2) is 9.59 Å². The Morgan fingerprint density at radius 1 is 0.840 bits per heavy atom. The molecule has 2 aliphatic rings. The van der Waals surface area contributed by atoms with Crippen LogP contribution in [0.1, 0.15) is 68.8 Å². The van der Waals surface area contributed by atoms with Crippen molar-refractivity contribution < 1.29 is 50.1 Å². The molecule has 1 fully saturated rings. The molecule has 12 heteroatoms. The molecule has 1 aliphatic heterocycles. The lowest BCUT2D eigenvalue weighted by atomic mass is 9.90. The SMILES string of the molecule is COC(=O)c1ccc(-c2ccc(OC)c(-c3cc4c(cc3CN3C(=O)OC(c5cc(C(F)(F)F)cc(C(F)(F)F)c5)C3C)CCC4)c2)c(C)c1. The van der Waals surface area contributed by atoms with Crippen LogP contribution < -0.4 is 4.74 Å². The molecule has 6 rings (SSSR count). The molecule has 1 heterocycles. The molecule has 1 amide bonds. The smallest absolute Gasteiger partial charge is 0.416 e. The van der Waals surface area contributed by atoms with E-state index in [9.17, 15) is 35.9 Å². The summed E-state index contributed by atoms with van der Waals surface area (Å²) in [5, 5.41) is 0. The van der Waals surface area contributed by atoms with E-state index in [2.05, 4.69) is 6.07 Å². The summed E-state index contributed by atoms with van der Waals surface area (Å²) in [6, 6.07) is 15.3. The standard InChI is InChI=1S/C38H33F6NO5/c1-20-12-25(35(46)49-4)8-10-30(20)24-9-11-33(48-3)32(17-24)31-16-23-7-5-6-22(23)13-27(31)19-45-21(2)34(50-36(45)47)26-14-28(37(39,40)41)18-29(15-26)38(42,43)44/h8-18,21,34H,5-7,19H2,1-4H3. The van der Waals surface area contributed by atoms with Gasteiger partial charge < -0.3 is 14.2 Å². The number of benzene rings is 4. The zero-order valence-electron chi connectivity index (χ0n) is 27.6. The van der Waals surface area contributed by atoms with Gasteiger partial charge in [-0.2, -0.15) is 26.3 Å². The number of cyclic esters (lactones) is 1. The Morgan fingerprint density at radius 2 is 1.50 bits per heavy atom. The summed E-state index contributed by atoms with van der Waals surface area (Å²) in [6.07, 6.45) is -9.73. The van der Waals surface area contributed by atoms with E-state index >= 15 is 0 Å². The van der Waals surface area contributed by atoms with Crippen molar-refractivity contribution in [1.29, 1.82) is 0 Å². The summed E-state index contributed by atoms with van der Waals surface area (Å²) in [6.45, 7) is 3.40. The molecular weight excluding hydrogens is 664 g/mol. The van der Waals surface area contributed by atoms with Crippen LogP contribution in [-0.2, 0) is 41.2 Å². The molecule has 1 aliphatic carbocycles. The topological polar surface area (TPSA) is 65.1 Å². The van der Waals surface area contributed by atoms with E-state index in [0.717, 1.165) is 58.2 Å². The first-order valence-corrected chi connectivity index (χ1v) is 15.9. The van der Waals surface area contributed by atoms with Crippen molar-refractivity contribution in [3.8, 4) is 28.0 Å². The Kier molecular flexibility index (Phi) is 9.09. The second kappa shape index (κ2) is 13.0. The molecule has 0 spiro atoms. The molecular formula is C38H33F6NO5. The van der Waals surface area contributed by atoms with E-state index in [0.29, 0.717) is 29.0 Å². The number of fused-ring (bicyclic) bond motifs is 1. The number of carbonyl (C=O) groups excluding carboxylic acids is 2. The molecule has 0 radical (unpaired) electrons. The van der Waals surface area contributed by atoms with Crippen molar-refractivity contribution >= 4 is 12.1 Å². The number of rotatable bonds is 7. The molecule has 0 saturated carbocycles. The number of alkyl halides is 6. The Morgan fingerprint density at radius 3 is 2.10 bits per heavy atom. The lowest BCUT2D eigenvalue weighted by Gasteiger charge is -2.24. The van der Waals surface area contributed by atoms with Gasteiger partial charge in [0, 0.05) is 5.56 Å². The van der Waals surface area contributed by atoms with Crippen molar-refractivity contribution in [2.75, 3.05) is 14.2 Å². The van der Waals surface area contributed by atoms with Gasteiger partial charge in [-0.1, -0.05) is 24.3 Å². The molecule has 262 valence electrons. The summed E-state index contributed by atoms with van der Waals surface area (Å²) in [4.78, 5) is 26.7. The Bertz CT molecular complexity index is 1950. The van der Waals surface area contributed by atoms with Crippen molar-refractivity contribution in [1.82, 2.24) is 4.90 Å². The van der Waals surface area contributed by atoms with Gasteiger partial charge in [-0.15, -0.1) is 0 Å². The van der Waals surface area contributed by atoms with Crippen molar-refractivity contribution in [2.24, 2.45) is 0 Å². The Labute approximate surface area is 284 Å². The minimum Gasteiger partial charge on any atom is -0.496 e. The number of carbonyl (C=O) groups is 2. The predicted octanol–water partition coefficient (Wildman–Crippen LogP) is 9.73. The molecule has 0 bridgehead atoms. The second-order valence-electron chi connectivity index (χ2n) is 12.6. The summed E-state index contributed by atoms with van der Waals surface area (Å²) in [7, 11) is 2.85. The zero-order valence-corrected chi connectivity index (χ0v) is 27.6. The van der Waals surface area contributed by atoms with E-state index in [-0.39, 0.29) is 12.6 Å². The molecule has 6 nitrogen and oxygen atoms in total. The highest BCUT2D eigenvalue weighted by atomic mass is 19.4. The van der Waals surface area contributed by atoms with Crippen LogP contribution in [0.15, 0.2) is 66.7 Å². The van der Waals surface area contributed by atoms with Crippen LogP contribution in [0.4, 0.5) is 31.1 Å². The predicted molar refractivity (Wildman–Crippen MR) is 173 cm³/mol. The van der Waals surface area contributed by atoms with Crippen molar-refractivity contribution in [2.45, 2.75) is 64.2 Å². The van der Waals surface area contributed by atoms with Crippen LogP contribution >= 0.6 is 0 Å². The maximum absolute atomic E-state index is 13.6. The minimum atomic E-state index is -5.05. The number of amides is 1. The van der Waals surface area contributed by atoms with E-state index < -0.39 is 53.3 Å². The number of nitrogens with zero attached hydrogens (tertiary/aromatic N) is 1. The van der Waals surface area contributed by atoms with E-state index in [1.165, 1.54) is 26.0 Å². The molecule has 0 N–H and O–H groups in total. The first kappa shape index (κ1) is 34.8. The van der Waals surface area contributed by atoms with Gasteiger partial charge in [-0.05, 0) is 120 Å². The van der Waals surface area contributed by atoms with E-state index in [1.54, 1.807) is 12.1 Å². The molecule has 50 heavy (non-hydrogen) atoms. The molecule has 1 saturated heterocycles. The summed E-state index contributed by atoms with van der Waals surface area (Å²) < 4.78 is 98.0. The number of hydrogen-bond donors (Lipinski definition) is 0. The Balaban J connectivity index is 1.40. The zero-order chi connectivity index (χ0) is 36.1. The summed E-state index contributed by atoms with van der Waals surface area (Å²) in [5.74, 6) is 0.0963. The van der Waals surface area contributed by atoms with Gasteiger partial charge in [0.25, 0.3) is 0 Å². The van der Waals surface area contributed by atoms with Gasteiger partial charge >= 0.3 is 24.4 Å². The first-order valence-electron chi connectivity index (χ1n) is 15.9. The number of aryl methyl sites for hydroxylation is 3. The fourth-order valence-electron chi connectivity index (χ4n) is 6.86. The van der Waals surface area contributed by atoms with Gasteiger partial charge in [-0.3, -0.25) is 4.90 Å². The number of methoxy groups -OCH3 is 2. The average molecular weight is 698 g/mol. The Hall–Kier alpha value is -5.00. The number of ether oxygens (including phenoxy) is 3. The maximum Gasteiger partial charge on any atom is 0.416 e. The van der Waals surface area contributed by atoms with E-state index in [1.807, 2.05) is 37.3 Å². The third-order valence-electron chi connectivity index (χ3n) is 9.44. The van der Waals surface area contributed by atoms with Gasteiger partial charge in [0.05, 0.1) is 43.5 Å². The van der Waals surface area contributed by atoms with Gasteiger partial charge in [0.1, 0.15) is 11.9 Å². The normalized spacial score (nSPS) is 17.5. The van der Waals surface area contributed by atoms with Crippen molar-refractivity contribution in [3.05, 3.63) is 111 Å². The van der Waals surface area contributed by atoms with E-state index in [4.69, 9.17) is 14.2 Å². The average Bonchev–Trinajstić information content (AvgIpc) is 3.65. The van der Waals surface area contributed by atoms with Crippen LogP contribution in [0.3, 0.4) is 0 Å². The van der Waals surface area contributed by atoms with Crippen LogP contribution in [0, 0.1) is 6.92 Å². The van der Waals surface area contributed by atoms with Crippen molar-refractivity contribution in [3.63, 3.8) is 0 Å². The highest BCUT2D eigenvalue weighted by Crippen LogP contribution is 2.44. The quantitative estimate of drug-likeness (QED) is 0.142. The third-order valence-corrected chi connectivity index (χ3v) is 9.44. The summed E-state index contributed by atoms with van der Waals surface area (Å²) >= 11 is 0. The minimum absolute atomic E-state index is 0.0234. The third kappa shape index (κ3) is 6.63. The highest BCUT2D eigenvalue weighted by Gasteiger charge is 2.43. The number of halogens is 6. The fraction of sp³-hybridized carbons (Fsp3) is 0.316. The largest absolute Gasteiger partial charge is 0.496 e. The van der Waals surface area contributed by atoms with Crippen LogP contribution in [0.25, 0.3) is 22.3 Å². The molecule has 4 aromatic carbocycles. The first-order chi connectivity index (χ1) is 23.6.